The Morgan fingerprint density at radius 3 is 2.75 bits per heavy atom. The normalized spacial score (nSPS) is 13.6. The zero-order chi connectivity index (χ0) is 20.0. The van der Waals surface area contributed by atoms with E-state index in [1.807, 2.05) is 28.5 Å². The molecular formula is C19H20ClN5O3. The van der Waals surface area contributed by atoms with Crippen LogP contribution in [0.5, 0.6) is 5.75 Å². The molecule has 0 aliphatic carbocycles. The van der Waals surface area contributed by atoms with E-state index in [4.69, 9.17) is 16.3 Å². The fourth-order valence-corrected chi connectivity index (χ4v) is 3.77. The number of aryl methyl sites for hydroxylation is 1. The summed E-state index contributed by atoms with van der Waals surface area (Å²) < 4.78 is 9.72. The van der Waals surface area contributed by atoms with Crippen LogP contribution in [0.15, 0.2) is 39.9 Å². The number of nitrogens with zero attached hydrogens (tertiary/aromatic N) is 5. The molecule has 0 saturated heterocycles. The van der Waals surface area contributed by atoms with Gasteiger partial charge in [-0.25, -0.2) is 4.79 Å². The summed E-state index contributed by atoms with van der Waals surface area (Å²) in [6.45, 7) is 3.32. The Labute approximate surface area is 165 Å². The maximum Gasteiger partial charge on any atom is 0.332 e. The highest BCUT2D eigenvalue weighted by Gasteiger charge is 2.28. The number of methoxy groups -OCH3 is 1. The third-order valence-corrected chi connectivity index (χ3v) is 5.27. The van der Waals surface area contributed by atoms with E-state index >= 15 is 0 Å². The summed E-state index contributed by atoms with van der Waals surface area (Å²) >= 11 is 6.27. The highest BCUT2D eigenvalue weighted by atomic mass is 35.5. The van der Waals surface area contributed by atoms with Crippen molar-refractivity contribution in [1.29, 1.82) is 0 Å². The number of rotatable bonds is 4. The maximum atomic E-state index is 13.0. The van der Waals surface area contributed by atoms with Crippen molar-refractivity contribution in [3.8, 4) is 5.75 Å². The molecule has 9 heteroatoms. The largest absolute Gasteiger partial charge is 0.495 e. The van der Waals surface area contributed by atoms with Gasteiger partial charge in [0.05, 0.1) is 12.1 Å². The minimum absolute atomic E-state index is 0.232. The van der Waals surface area contributed by atoms with Crippen LogP contribution in [0.4, 0.5) is 11.6 Å². The van der Waals surface area contributed by atoms with Gasteiger partial charge >= 0.3 is 5.69 Å². The van der Waals surface area contributed by atoms with E-state index < -0.39 is 0 Å². The lowest BCUT2D eigenvalue weighted by molar-refractivity contribution is 0.415. The van der Waals surface area contributed by atoms with Crippen molar-refractivity contribution in [2.24, 2.45) is 7.05 Å². The van der Waals surface area contributed by atoms with Gasteiger partial charge in [0, 0.05) is 32.4 Å². The third-order valence-electron chi connectivity index (χ3n) is 4.97. The Hall–Kier alpha value is -3.00. The van der Waals surface area contributed by atoms with Crippen molar-refractivity contribution in [1.82, 2.24) is 18.7 Å². The van der Waals surface area contributed by atoms with Gasteiger partial charge in [0.25, 0.3) is 5.56 Å². The maximum absolute atomic E-state index is 13.0. The summed E-state index contributed by atoms with van der Waals surface area (Å²) in [5, 5.41) is 0.496. The first-order valence-electron chi connectivity index (χ1n) is 8.90. The summed E-state index contributed by atoms with van der Waals surface area (Å²) in [6.07, 6.45) is 3.59. The monoisotopic (exact) mass is 401 g/mol. The second-order valence-corrected chi connectivity index (χ2v) is 6.94. The number of hydrogen-bond donors (Lipinski definition) is 0. The van der Waals surface area contributed by atoms with Gasteiger partial charge in [-0.05, 0) is 25.1 Å². The molecule has 3 heterocycles. The van der Waals surface area contributed by atoms with Crippen LogP contribution >= 0.6 is 11.6 Å². The number of allylic oxidation sites excluding steroid dienone is 2. The van der Waals surface area contributed by atoms with Gasteiger partial charge in [0.2, 0.25) is 5.95 Å². The minimum atomic E-state index is -0.383. The summed E-state index contributed by atoms with van der Waals surface area (Å²) in [5.41, 5.74) is 0.949. The SMILES string of the molecule is CC=CCn1c(=O)c2c(nc3n2CCN3c2ccc(OC)c(Cl)c2)n(C)c1=O. The zero-order valence-corrected chi connectivity index (χ0v) is 16.6. The van der Waals surface area contributed by atoms with Gasteiger partial charge in [0.15, 0.2) is 11.2 Å². The molecule has 1 aromatic carbocycles. The fourth-order valence-electron chi connectivity index (χ4n) is 3.52. The van der Waals surface area contributed by atoms with E-state index in [2.05, 4.69) is 4.98 Å². The van der Waals surface area contributed by atoms with Gasteiger partial charge in [0.1, 0.15) is 5.75 Å². The number of ether oxygens (including phenoxy) is 1. The number of benzene rings is 1. The molecule has 8 nitrogen and oxygen atoms in total. The van der Waals surface area contributed by atoms with Gasteiger partial charge in [-0.1, -0.05) is 23.8 Å². The molecule has 0 fully saturated rings. The quantitative estimate of drug-likeness (QED) is 0.627. The predicted octanol–water partition coefficient (Wildman–Crippen LogP) is 2.29. The highest BCUT2D eigenvalue weighted by Crippen LogP contribution is 2.35. The molecular weight excluding hydrogens is 382 g/mol. The topological polar surface area (TPSA) is 74.3 Å². The predicted molar refractivity (Wildman–Crippen MR) is 109 cm³/mol. The van der Waals surface area contributed by atoms with Gasteiger partial charge < -0.3 is 14.2 Å². The van der Waals surface area contributed by atoms with Crippen LogP contribution in [-0.4, -0.2) is 32.3 Å². The van der Waals surface area contributed by atoms with E-state index in [0.717, 1.165) is 5.69 Å². The molecule has 0 unspecified atom stereocenters. The molecule has 0 saturated carbocycles. The van der Waals surface area contributed by atoms with E-state index in [9.17, 15) is 9.59 Å². The van der Waals surface area contributed by atoms with Crippen molar-refractivity contribution < 1.29 is 4.74 Å². The van der Waals surface area contributed by atoms with Crippen molar-refractivity contribution in [2.75, 3.05) is 18.6 Å². The molecule has 146 valence electrons. The lowest BCUT2D eigenvalue weighted by atomic mass is 10.3. The van der Waals surface area contributed by atoms with E-state index in [-0.39, 0.29) is 17.8 Å². The Morgan fingerprint density at radius 2 is 2.07 bits per heavy atom. The minimum Gasteiger partial charge on any atom is -0.495 e. The fraction of sp³-hybridized carbons (Fsp3) is 0.316. The van der Waals surface area contributed by atoms with Crippen LogP contribution < -0.4 is 20.9 Å². The van der Waals surface area contributed by atoms with Gasteiger partial charge in [-0.3, -0.25) is 13.9 Å². The van der Waals surface area contributed by atoms with E-state index in [1.165, 1.54) is 9.13 Å². The second-order valence-electron chi connectivity index (χ2n) is 6.53. The Morgan fingerprint density at radius 1 is 1.29 bits per heavy atom. The smallest absolute Gasteiger partial charge is 0.332 e. The van der Waals surface area contributed by atoms with Crippen LogP contribution in [-0.2, 0) is 20.1 Å². The number of halogens is 1. The number of anilines is 2. The van der Waals surface area contributed by atoms with Crippen LogP contribution in [0.25, 0.3) is 11.2 Å². The lowest BCUT2D eigenvalue weighted by Gasteiger charge is -2.17. The molecule has 1 aliphatic heterocycles. The first-order chi connectivity index (χ1) is 13.5. The van der Waals surface area contributed by atoms with Crippen molar-refractivity contribution in [3.63, 3.8) is 0 Å². The molecule has 0 bridgehead atoms. The number of fused-ring (bicyclic) bond motifs is 3. The molecule has 0 spiro atoms. The molecule has 0 radical (unpaired) electrons. The van der Waals surface area contributed by atoms with Crippen LogP contribution in [0.3, 0.4) is 0 Å². The molecule has 3 aromatic rings. The summed E-state index contributed by atoms with van der Waals surface area (Å²) in [5.74, 6) is 1.21. The molecule has 0 atom stereocenters. The number of aromatic nitrogens is 4. The lowest BCUT2D eigenvalue weighted by Crippen LogP contribution is -2.39. The molecule has 2 aromatic heterocycles. The Bertz CT molecular complexity index is 1220. The van der Waals surface area contributed by atoms with Crippen LogP contribution in [0, 0.1) is 0 Å². The second kappa shape index (κ2) is 6.87. The molecule has 0 N–H and O–H groups in total. The summed E-state index contributed by atoms with van der Waals surface area (Å²) in [7, 11) is 3.20. The molecule has 28 heavy (non-hydrogen) atoms. The first kappa shape index (κ1) is 18.4. The van der Waals surface area contributed by atoms with Crippen molar-refractivity contribution >= 4 is 34.4 Å². The van der Waals surface area contributed by atoms with Gasteiger partial charge in [-0.15, -0.1) is 0 Å². The number of hydrogen-bond acceptors (Lipinski definition) is 5. The van der Waals surface area contributed by atoms with Crippen molar-refractivity contribution in [2.45, 2.75) is 20.0 Å². The number of imidazole rings is 1. The molecule has 4 rings (SSSR count). The average Bonchev–Trinajstić information content (AvgIpc) is 3.25. The van der Waals surface area contributed by atoms with E-state index in [1.54, 1.807) is 32.4 Å². The summed E-state index contributed by atoms with van der Waals surface area (Å²) in [6, 6.07) is 5.49. The average molecular weight is 402 g/mol. The standard InChI is InChI=1S/C19H20ClN5O3/c1-4-5-8-25-17(26)15-16(22(2)19(25)27)21-18-23(9-10-24(15)18)12-6-7-14(28-3)13(20)11-12/h4-7,11H,8-10H2,1-3H3. The summed E-state index contributed by atoms with van der Waals surface area (Å²) in [4.78, 5) is 32.2. The Kier molecular flexibility index (Phi) is 4.50. The first-order valence-corrected chi connectivity index (χ1v) is 9.28. The van der Waals surface area contributed by atoms with Crippen LogP contribution in [0.1, 0.15) is 6.92 Å². The Balaban J connectivity index is 1.90. The van der Waals surface area contributed by atoms with Crippen LogP contribution in [0.2, 0.25) is 5.02 Å². The molecule has 0 amide bonds. The highest BCUT2D eigenvalue weighted by molar-refractivity contribution is 6.32. The van der Waals surface area contributed by atoms with Crippen molar-refractivity contribution in [3.05, 3.63) is 56.2 Å². The van der Waals surface area contributed by atoms with Gasteiger partial charge in [-0.2, -0.15) is 4.98 Å². The zero-order valence-electron chi connectivity index (χ0n) is 15.8. The van der Waals surface area contributed by atoms with E-state index in [0.29, 0.717) is 41.0 Å². The third kappa shape index (κ3) is 2.63. The molecule has 1 aliphatic rings.